The molecule has 4 aromatic heterocycles. The van der Waals surface area contributed by atoms with E-state index < -0.39 is 17.3 Å². The normalized spacial score (nSPS) is 11.9. The molecule has 0 saturated heterocycles. The van der Waals surface area contributed by atoms with Gasteiger partial charge in [0.15, 0.2) is 0 Å². The van der Waals surface area contributed by atoms with Gasteiger partial charge < -0.3 is 14.1 Å². The molecule has 0 amide bonds. The molecule has 0 fully saturated rings. The molecule has 180 valence electrons. The van der Waals surface area contributed by atoms with Crippen molar-refractivity contribution in [3.05, 3.63) is 77.1 Å². The fraction of sp³-hybridized carbons (Fsp3) is 0.304. The molecule has 0 bridgehead atoms. The van der Waals surface area contributed by atoms with E-state index in [-0.39, 0.29) is 26.9 Å². The number of alkyl halides is 3. The maximum Gasteiger partial charge on any atom is 2.00 e. The van der Waals surface area contributed by atoms with E-state index >= 15 is 0 Å². The van der Waals surface area contributed by atoms with Crippen LogP contribution in [0.1, 0.15) is 42.2 Å². The van der Waals surface area contributed by atoms with Crippen LogP contribution < -0.4 is 4.74 Å². The van der Waals surface area contributed by atoms with Crippen LogP contribution in [0.25, 0.3) is 11.6 Å². The van der Waals surface area contributed by atoms with Crippen molar-refractivity contribution in [3.8, 4) is 17.4 Å². The Morgan fingerprint density at radius 1 is 0.824 bits per heavy atom. The van der Waals surface area contributed by atoms with Crippen molar-refractivity contribution in [2.75, 3.05) is 7.11 Å². The van der Waals surface area contributed by atoms with Gasteiger partial charge in [-0.3, -0.25) is 20.2 Å². The zero-order chi connectivity index (χ0) is 24.0. The minimum absolute atomic E-state index is 0. The second-order valence-electron chi connectivity index (χ2n) is 8.16. The van der Waals surface area contributed by atoms with Gasteiger partial charge in [-0.05, 0) is 38.6 Å². The van der Waals surface area contributed by atoms with Gasteiger partial charge in [0.2, 0.25) is 0 Å². The predicted octanol–water partition coefficient (Wildman–Crippen LogP) is 4.42. The van der Waals surface area contributed by atoms with E-state index in [1.165, 1.54) is 13.2 Å². The fourth-order valence-electron chi connectivity index (χ4n) is 3.28. The summed E-state index contributed by atoms with van der Waals surface area (Å²) in [5.41, 5.74) is 1.23. The second kappa shape index (κ2) is 9.33. The number of pyridine rings is 2. The summed E-state index contributed by atoms with van der Waals surface area (Å²) in [7, 11) is 1.47. The molecule has 7 nitrogen and oxygen atoms in total. The summed E-state index contributed by atoms with van der Waals surface area (Å²) in [5.74, 6) is 1.17. The van der Waals surface area contributed by atoms with E-state index in [2.05, 4.69) is 27.6 Å². The Morgan fingerprint density at radius 3 is 1.97 bits per heavy atom. The predicted molar refractivity (Wildman–Crippen MR) is 114 cm³/mol. The average Bonchev–Trinajstić information content (AvgIpc) is 3.42. The van der Waals surface area contributed by atoms with Gasteiger partial charge in [0.25, 0.3) is 0 Å². The van der Waals surface area contributed by atoms with Crippen LogP contribution in [-0.2, 0) is 32.7 Å². The smallest absolute Gasteiger partial charge is 0.498 e. The molecule has 4 rings (SSSR count). The number of rotatable bonds is 5. The molecular weight excluding hydrogens is 628 g/mol. The molecule has 0 aromatic carbocycles. The quantitative estimate of drug-likeness (QED) is 0.300. The van der Waals surface area contributed by atoms with Gasteiger partial charge in [-0.1, -0.05) is 30.9 Å². The fourth-order valence-corrected chi connectivity index (χ4v) is 3.28. The number of hydrogen-bond acceptors (Lipinski definition) is 5. The van der Waals surface area contributed by atoms with E-state index in [1.54, 1.807) is 16.8 Å². The Balaban J connectivity index is 0.00000324. The van der Waals surface area contributed by atoms with Gasteiger partial charge in [0.05, 0.1) is 24.4 Å². The second-order valence-corrected chi connectivity index (χ2v) is 8.16. The van der Waals surface area contributed by atoms with Crippen molar-refractivity contribution >= 4 is 0 Å². The molecule has 0 aliphatic heterocycles. The van der Waals surface area contributed by atoms with Gasteiger partial charge in [-0.15, -0.1) is 12.1 Å². The monoisotopic (exact) mass is 649 g/mol. The maximum absolute atomic E-state index is 13.0. The third-order valence-corrected chi connectivity index (χ3v) is 5.17. The van der Waals surface area contributed by atoms with Crippen molar-refractivity contribution in [2.45, 2.75) is 39.3 Å². The number of methoxy groups -OCH3 is 1. The molecule has 4 aromatic rings. The van der Waals surface area contributed by atoms with Gasteiger partial charge >= 0.3 is 27.2 Å². The molecule has 0 aliphatic carbocycles. The minimum Gasteiger partial charge on any atom is -0.498 e. The molecule has 11 heteroatoms. The zero-order valence-corrected chi connectivity index (χ0v) is 21.3. The minimum atomic E-state index is -4.58. The third-order valence-electron chi connectivity index (χ3n) is 5.17. The SMILES string of the molecule is COc1cc(-n2[c-]cc(C(F)(F)F)n2)nc(C(C)(C)c2cc(C)cc(-n3[c-]cc(C)n3)n2)c1.[Pt+2]. The molecule has 0 N–H and O–H groups in total. The summed E-state index contributed by atoms with van der Waals surface area (Å²) in [6.07, 6.45) is 0.930. The molecule has 4 heterocycles. The van der Waals surface area contributed by atoms with Crippen LogP contribution >= 0.6 is 0 Å². The molecule has 0 atom stereocenters. The van der Waals surface area contributed by atoms with Crippen molar-refractivity contribution in [3.63, 3.8) is 0 Å². The number of hydrogen-bond donors (Lipinski definition) is 0. The Bertz CT molecular complexity index is 1310. The standard InChI is InChI=1S/C23H21F3N6O.Pt/c1-14-10-18(27-20(11-14)31-8-6-15(2)29-31)22(3,4)19-12-16(33-5)13-21(28-19)32-9-7-17(30-32)23(24,25)26;/h6-7,10-13H,1-5H3;/q-2;+2. The molecule has 0 spiro atoms. The van der Waals surface area contributed by atoms with Crippen LogP contribution in [0.4, 0.5) is 13.2 Å². The Kier molecular flexibility index (Phi) is 7.03. The first kappa shape index (κ1) is 25.6. The van der Waals surface area contributed by atoms with Gasteiger partial charge in [0.1, 0.15) is 5.75 Å². The first-order valence-corrected chi connectivity index (χ1v) is 10.0. The number of aromatic nitrogens is 6. The van der Waals surface area contributed by atoms with Gasteiger partial charge in [-0.2, -0.15) is 13.2 Å². The van der Waals surface area contributed by atoms with Crippen molar-refractivity contribution in [2.24, 2.45) is 0 Å². The summed E-state index contributed by atoms with van der Waals surface area (Å²) in [6, 6.07) is 9.60. The maximum atomic E-state index is 13.0. The van der Waals surface area contributed by atoms with E-state index in [0.717, 1.165) is 22.0 Å². The number of halogens is 3. The van der Waals surface area contributed by atoms with Crippen LogP contribution in [0.3, 0.4) is 0 Å². The Labute approximate surface area is 209 Å². The largest absolute Gasteiger partial charge is 2.00 e. The van der Waals surface area contributed by atoms with Crippen LogP contribution in [0.5, 0.6) is 5.75 Å². The number of aryl methyl sites for hydroxylation is 2. The molecular formula is C23H21F3N6OPt. The molecule has 0 radical (unpaired) electrons. The summed E-state index contributed by atoms with van der Waals surface area (Å²) in [5, 5.41) is 7.96. The molecule has 0 aliphatic rings. The van der Waals surface area contributed by atoms with E-state index in [4.69, 9.17) is 9.72 Å². The Hall–Kier alpha value is -3.00. The van der Waals surface area contributed by atoms with Crippen molar-refractivity contribution in [1.29, 1.82) is 0 Å². The van der Waals surface area contributed by atoms with Crippen molar-refractivity contribution < 1.29 is 39.0 Å². The average molecular weight is 650 g/mol. The zero-order valence-electron chi connectivity index (χ0n) is 19.0. The van der Waals surface area contributed by atoms with Crippen LogP contribution in [0.15, 0.2) is 36.4 Å². The van der Waals surface area contributed by atoms with E-state index in [1.807, 2.05) is 39.8 Å². The van der Waals surface area contributed by atoms with E-state index in [9.17, 15) is 13.2 Å². The third kappa shape index (κ3) is 5.06. The van der Waals surface area contributed by atoms with Crippen LogP contribution in [-0.4, -0.2) is 36.6 Å². The summed E-state index contributed by atoms with van der Waals surface area (Å²) < 4.78 is 46.9. The summed E-state index contributed by atoms with van der Waals surface area (Å²) >= 11 is 0. The van der Waals surface area contributed by atoms with Gasteiger partial charge in [0, 0.05) is 22.9 Å². The first-order valence-electron chi connectivity index (χ1n) is 10.0. The molecule has 0 saturated carbocycles. The van der Waals surface area contributed by atoms with Crippen molar-refractivity contribution in [1.82, 2.24) is 29.5 Å². The molecule has 34 heavy (non-hydrogen) atoms. The summed E-state index contributed by atoms with van der Waals surface area (Å²) in [6.45, 7) is 7.67. The first-order chi connectivity index (χ1) is 15.5. The number of ether oxygens (including phenoxy) is 1. The Morgan fingerprint density at radius 2 is 1.41 bits per heavy atom. The number of nitrogens with zero attached hydrogens (tertiary/aromatic N) is 6. The molecule has 0 unspecified atom stereocenters. The van der Waals surface area contributed by atoms with Crippen LogP contribution in [0.2, 0.25) is 0 Å². The topological polar surface area (TPSA) is 70.7 Å². The van der Waals surface area contributed by atoms with E-state index in [0.29, 0.717) is 23.0 Å². The van der Waals surface area contributed by atoms with Gasteiger partial charge in [-0.25, -0.2) is 0 Å². The van der Waals surface area contributed by atoms with Crippen LogP contribution in [0, 0.1) is 26.2 Å². The summed E-state index contributed by atoms with van der Waals surface area (Å²) in [4.78, 5) is 9.35.